The smallest absolute Gasteiger partial charge is 0.427 e. The first-order chi connectivity index (χ1) is 17.1. The first-order valence-electron chi connectivity index (χ1n) is 12.5. The van der Waals surface area contributed by atoms with Crippen molar-refractivity contribution in [3.63, 3.8) is 0 Å². The van der Waals surface area contributed by atoms with Gasteiger partial charge in [0.05, 0.1) is 30.5 Å². The van der Waals surface area contributed by atoms with Crippen LogP contribution in [0, 0.1) is 13.8 Å². The van der Waals surface area contributed by atoms with E-state index in [4.69, 9.17) is 26.3 Å². The van der Waals surface area contributed by atoms with Crippen molar-refractivity contribution in [2.75, 3.05) is 0 Å². The van der Waals surface area contributed by atoms with Crippen molar-refractivity contribution in [3.8, 4) is 5.69 Å². The van der Waals surface area contributed by atoms with Gasteiger partial charge in [-0.1, -0.05) is 11.6 Å². The maximum absolute atomic E-state index is 12.4. The second kappa shape index (κ2) is 9.52. The molecule has 9 nitrogen and oxygen atoms in total. The van der Waals surface area contributed by atoms with E-state index < -0.39 is 11.8 Å². The quantitative estimate of drug-likeness (QED) is 0.409. The first kappa shape index (κ1) is 24.8. The second-order valence-corrected chi connectivity index (χ2v) is 11.3. The molecule has 5 rings (SSSR count). The molecular weight excluding hydrogens is 480 g/mol. The second-order valence-electron chi connectivity index (χ2n) is 10.8. The summed E-state index contributed by atoms with van der Waals surface area (Å²) >= 11 is 6.35. The zero-order valence-corrected chi connectivity index (χ0v) is 22.2. The maximum atomic E-state index is 12.4. The van der Waals surface area contributed by atoms with Crippen LogP contribution in [0.3, 0.4) is 0 Å². The molecule has 1 fully saturated rings. The standard InChI is InChI=1S/C26H33ClN6O3/c1-16-12-17(2)33(30-16)21-9-6-18(7-10-21)24-29-28-23-15-31(36-25(34)35-26(3,4)5)14-19-13-20(27)8-11-22(19)32(23)24/h8,11-13,18,21H,6-7,9-10,14-15H2,1-5H3/t18-,21-. The van der Waals surface area contributed by atoms with Gasteiger partial charge in [0.1, 0.15) is 11.4 Å². The number of aryl methyl sites for hydroxylation is 2. The summed E-state index contributed by atoms with van der Waals surface area (Å²) in [4.78, 5) is 18.0. The van der Waals surface area contributed by atoms with Crippen LogP contribution in [0.5, 0.6) is 0 Å². The lowest BCUT2D eigenvalue weighted by atomic mass is 9.85. The summed E-state index contributed by atoms with van der Waals surface area (Å²) < 4.78 is 9.66. The lowest BCUT2D eigenvalue weighted by Gasteiger charge is -2.29. The highest BCUT2D eigenvalue weighted by Gasteiger charge is 2.33. The molecule has 2 aromatic heterocycles. The summed E-state index contributed by atoms with van der Waals surface area (Å²) in [5, 5.41) is 16.1. The van der Waals surface area contributed by atoms with E-state index in [0.29, 0.717) is 24.2 Å². The topological polar surface area (TPSA) is 87.3 Å². The molecule has 36 heavy (non-hydrogen) atoms. The van der Waals surface area contributed by atoms with Crippen LogP contribution in [0.2, 0.25) is 5.02 Å². The minimum Gasteiger partial charge on any atom is -0.427 e. The molecule has 0 radical (unpaired) electrons. The van der Waals surface area contributed by atoms with Crippen LogP contribution in [0.4, 0.5) is 4.79 Å². The Hall–Kier alpha value is -2.91. The van der Waals surface area contributed by atoms with E-state index >= 15 is 0 Å². The fourth-order valence-electron chi connectivity index (χ4n) is 5.30. The molecule has 3 heterocycles. The van der Waals surface area contributed by atoms with Gasteiger partial charge in [0, 0.05) is 16.6 Å². The molecule has 0 unspecified atom stereocenters. The third kappa shape index (κ3) is 5.13. The number of fused-ring (bicyclic) bond motifs is 3. The number of hydrogen-bond acceptors (Lipinski definition) is 7. The average Bonchev–Trinajstić information content (AvgIpc) is 3.30. The van der Waals surface area contributed by atoms with Gasteiger partial charge in [-0.05, 0) is 90.1 Å². The molecule has 10 heteroatoms. The Morgan fingerprint density at radius 3 is 2.47 bits per heavy atom. The van der Waals surface area contributed by atoms with E-state index in [1.165, 1.54) is 5.69 Å². The van der Waals surface area contributed by atoms with Crippen LogP contribution in [0.1, 0.15) is 87.0 Å². The Labute approximate surface area is 216 Å². The molecule has 0 saturated heterocycles. The highest BCUT2D eigenvalue weighted by molar-refractivity contribution is 6.30. The minimum absolute atomic E-state index is 0.279. The molecule has 1 aliphatic heterocycles. The third-order valence-corrected chi connectivity index (χ3v) is 6.98. The third-order valence-electron chi connectivity index (χ3n) is 6.75. The van der Waals surface area contributed by atoms with Crippen LogP contribution in [-0.2, 0) is 22.7 Å². The van der Waals surface area contributed by atoms with Crippen molar-refractivity contribution in [2.24, 2.45) is 0 Å². The largest absolute Gasteiger partial charge is 0.528 e. The summed E-state index contributed by atoms with van der Waals surface area (Å²) in [6, 6.07) is 8.31. The van der Waals surface area contributed by atoms with E-state index in [-0.39, 0.29) is 5.92 Å². The number of carbonyl (C=O) groups is 1. The van der Waals surface area contributed by atoms with Crippen molar-refractivity contribution >= 4 is 17.8 Å². The summed E-state index contributed by atoms with van der Waals surface area (Å²) in [6.45, 7) is 10.2. The van der Waals surface area contributed by atoms with Gasteiger partial charge in [0.15, 0.2) is 5.82 Å². The van der Waals surface area contributed by atoms with E-state index in [1.807, 2.05) is 25.1 Å². The van der Waals surface area contributed by atoms with Crippen molar-refractivity contribution in [1.82, 2.24) is 29.6 Å². The predicted molar refractivity (Wildman–Crippen MR) is 135 cm³/mol. The van der Waals surface area contributed by atoms with Crippen molar-refractivity contribution in [1.29, 1.82) is 0 Å². The number of halogens is 1. The number of hydrogen-bond donors (Lipinski definition) is 0. The number of benzene rings is 1. The van der Waals surface area contributed by atoms with E-state index in [9.17, 15) is 4.79 Å². The number of rotatable bonds is 3. The van der Waals surface area contributed by atoms with Gasteiger partial charge in [-0.25, -0.2) is 4.79 Å². The highest BCUT2D eigenvalue weighted by Crippen LogP contribution is 2.40. The molecule has 0 bridgehead atoms. The number of carbonyl (C=O) groups excluding carboxylic acids is 1. The number of aromatic nitrogens is 5. The van der Waals surface area contributed by atoms with Crippen molar-refractivity contribution < 1.29 is 14.4 Å². The molecule has 0 spiro atoms. The molecule has 192 valence electrons. The van der Waals surface area contributed by atoms with Gasteiger partial charge in [-0.2, -0.15) is 5.10 Å². The Morgan fingerprint density at radius 2 is 1.81 bits per heavy atom. The van der Waals surface area contributed by atoms with Crippen LogP contribution in [-0.4, -0.2) is 41.4 Å². The molecule has 1 aliphatic carbocycles. The molecule has 1 saturated carbocycles. The van der Waals surface area contributed by atoms with Crippen molar-refractivity contribution in [3.05, 3.63) is 57.9 Å². The van der Waals surface area contributed by atoms with E-state index in [0.717, 1.165) is 54.3 Å². The van der Waals surface area contributed by atoms with Crippen LogP contribution in [0.15, 0.2) is 24.3 Å². The predicted octanol–water partition coefficient (Wildman–Crippen LogP) is 5.82. The summed E-state index contributed by atoms with van der Waals surface area (Å²) in [5.74, 6) is 1.94. The molecular formula is C26H33ClN6O3. The fraction of sp³-hybridized carbons (Fsp3) is 0.538. The maximum Gasteiger partial charge on any atom is 0.528 e. The van der Waals surface area contributed by atoms with Crippen LogP contribution >= 0.6 is 11.6 Å². The summed E-state index contributed by atoms with van der Waals surface area (Å²) in [5.41, 5.74) is 3.52. The van der Waals surface area contributed by atoms with E-state index in [2.05, 4.69) is 32.4 Å². The lowest BCUT2D eigenvalue weighted by molar-refractivity contribution is -0.155. The molecule has 0 amide bonds. The molecule has 0 atom stereocenters. The zero-order valence-electron chi connectivity index (χ0n) is 21.5. The number of ether oxygens (including phenoxy) is 1. The summed E-state index contributed by atoms with van der Waals surface area (Å²) in [6.07, 6.45) is 3.33. The number of nitrogens with zero attached hydrogens (tertiary/aromatic N) is 6. The Balaban J connectivity index is 1.40. The molecule has 0 N–H and O–H groups in total. The Bertz CT molecular complexity index is 1270. The highest BCUT2D eigenvalue weighted by atomic mass is 35.5. The lowest BCUT2D eigenvalue weighted by Crippen LogP contribution is -2.31. The summed E-state index contributed by atoms with van der Waals surface area (Å²) in [7, 11) is 0. The van der Waals surface area contributed by atoms with Gasteiger partial charge in [0.25, 0.3) is 0 Å². The minimum atomic E-state index is -0.748. The molecule has 3 aromatic rings. The Morgan fingerprint density at radius 1 is 1.06 bits per heavy atom. The molecule has 1 aromatic carbocycles. The van der Waals surface area contributed by atoms with Gasteiger partial charge < -0.3 is 9.57 Å². The number of hydroxylamine groups is 2. The van der Waals surface area contributed by atoms with E-state index in [1.54, 1.807) is 25.8 Å². The first-order valence-corrected chi connectivity index (χ1v) is 12.9. The van der Waals surface area contributed by atoms with Crippen molar-refractivity contribution in [2.45, 2.75) is 91.0 Å². The van der Waals surface area contributed by atoms with Crippen LogP contribution < -0.4 is 0 Å². The van der Waals surface area contributed by atoms with Crippen LogP contribution in [0.25, 0.3) is 5.69 Å². The van der Waals surface area contributed by atoms with Gasteiger partial charge >= 0.3 is 6.16 Å². The Kier molecular flexibility index (Phi) is 6.55. The van der Waals surface area contributed by atoms with Gasteiger partial charge in [-0.3, -0.25) is 9.25 Å². The average molecular weight is 513 g/mol. The zero-order chi connectivity index (χ0) is 25.6. The monoisotopic (exact) mass is 512 g/mol. The normalized spacial score (nSPS) is 20.4. The SMILES string of the molecule is Cc1cc(C)n([C@H]2CC[C@H](c3nnc4n3-c3ccc(Cl)cc3CN(OC(=O)OC(C)(C)C)C4)CC2)n1. The molecule has 2 aliphatic rings. The van der Waals surface area contributed by atoms with Gasteiger partial charge in [-0.15, -0.1) is 15.3 Å². The fourth-order valence-corrected chi connectivity index (χ4v) is 5.49. The van der Waals surface area contributed by atoms with Gasteiger partial charge in [0.2, 0.25) is 0 Å².